The highest BCUT2D eigenvalue weighted by molar-refractivity contribution is 6.27. The van der Waals surface area contributed by atoms with Crippen molar-refractivity contribution in [3.8, 4) is 0 Å². The van der Waals surface area contributed by atoms with Gasteiger partial charge in [-0.25, -0.2) is 4.98 Å². The van der Waals surface area contributed by atoms with Crippen LogP contribution in [0.25, 0.3) is 0 Å². The van der Waals surface area contributed by atoms with Gasteiger partial charge in [-0.2, -0.15) is 0 Å². The SMILES string of the molecule is O=C(O)Cc1coc(Cl)n1. The van der Waals surface area contributed by atoms with Crippen LogP contribution in [0.1, 0.15) is 5.69 Å². The Labute approximate surface area is 61.4 Å². The van der Waals surface area contributed by atoms with E-state index in [-0.39, 0.29) is 11.8 Å². The first-order valence-corrected chi connectivity index (χ1v) is 2.88. The maximum absolute atomic E-state index is 10.1. The van der Waals surface area contributed by atoms with Gasteiger partial charge in [0.25, 0.3) is 5.35 Å². The van der Waals surface area contributed by atoms with Crippen LogP contribution in [0.3, 0.4) is 0 Å². The largest absolute Gasteiger partial charge is 0.481 e. The van der Waals surface area contributed by atoms with Crippen molar-refractivity contribution in [3.63, 3.8) is 0 Å². The van der Waals surface area contributed by atoms with Gasteiger partial charge in [0.15, 0.2) is 0 Å². The summed E-state index contributed by atoms with van der Waals surface area (Å²) in [5.74, 6) is -0.954. The van der Waals surface area contributed by atoms with Crippen molar-refractivity contribution in [1.29, 1.82) is 0 Å². The molecule has 0 aliphatic carbocycles. The van der Waals surface area contributed by atoms with Crippen LogP contribution in [0.5, 0.6) is 0 Å². The highest BCUT2D eigenvalue weighted by atomic mass is 35.5. The number of aromatic nitrogens is 1. The molecule has 1 N–H and O–H groups in total. The molecule has 1 aromatic rings. The minimum absolute atomic E-state index is 0.0312. The van der Waals surface area contributed by atoms with Crippen LogP contribution in [0, 0.1) is 0 Å². The van der Waals surface area contributed by atoms with Gasteiger partial charge in [-0.1, -0.05) is 0 Å². The number of carbonyl (C=O) groups is 1. The van der Waals surface area contributed by atoms with Gasteiger partial charge in [0.2, 0.25) is 0 Å². The molecule has 0 unspecified atom stereocenters. The lowest BCUT2D eigenvalue weighted by Crippen LogP contribution is -1.99. The van der Waals surface area contributed by atoms with E-state index in [1.807, 2.05) is 0 Å². The Morgan fingerprint density at radius 2 is 2.60 bits per heavy atom. The zero-order valence-electron chi connectivity index (χ0n) is 4.87. The summed E-state index contributed by atoms with van der Waals surface area (Å²) in [6, 6.07) is 0. The van der Waals surface area contributed by atoms with E-state index in [2.05, 4.69) is 9.40 Å². The fourth-order valence-electron chi connectivity index (χ4n) is 0.518. The standard InChI is InChI=1S/C5H4ClNO3/c6-5-7-3(2-10-5)1-4(8)9/h2H,1H2,(H,8,9). The maximum atomic E-state index is 10.1. The zero-order valence-corrected chi connectivity index (χ0v) is 5.63. The fraction of sp³-hybridized carbons (Fsp3) is 0.200. The number of aliphatic carboxylic acids is 1. The van der Waals surface area contributed by atoms with Gasteiger partial charge in [-0.3, -0.25) is 4.79 Å². The normalized spacial score (nSPS) is 9.70. The molecule has 1 aromatic heterocycles. The molecule has 0 saturated heterocycles. The number of halogens is 1. The molecule has 5 heteroatoms. The van der Waals surface area contributed by atoms with E-state index in [9.17, 15) is 4.79 Å². The number of carboxylic acids is 1. The second-order valence-corrected chi connectivity index (χ2v) is 1.99. The maximum Gasteiger partial charge on any atom is 0.309 e. The molecule has 10 heavy (non-hydrogen) atoms. The van der Waals surface area contributed by atoms with Crippen LogP contribution >= 0.6 is 11.6 Å². The second-order valence-electron chi connectivity index (χ2n) is 1.66. The second kappa shape index (κ2) is 2.70. The number of oxazole rings is 1. The van der Waals surface area contributed by atoms with E-state index in [1.54, 1.807) is 0 Å². The summed E-state index contributed by atoms with van der Waals surface area (Å²) in [4.78, 5) is 13.6. The quantitative estimate of drug-likeness (QED) is 0.702. The molecule has 0 atom stereocenters. The molecular formula is C5H4ClNO3. The Morgan fingerprint density at radius 1 is 1.90 bits per heavy atom. The van der Waals surface area contributed by atoms with Gasteiger partial charge in [0.05, 0.1) is 12.1 Å². The Morgan fingerprint density at radius 3 is 3.00 bits per heavy atom. The van der Waals surface area contributed by atoms with Crippen LogP contribution < -0.4 is 0 Å². The van der Waals surface area contributed by atoms with E-state index in [4.69, 9.17) is 16.7 Å². The smallest absolute Gasteiger partial charge is 0.309 e. The summed E-state index contributed by atoms with van der Waals surface area (Å²) in [5, 5.41) is 8.22. The van der Waals surface area contributed by atoms with E-state index >= 15 is 0 Å². The van der Waals surface area contributed by atoms with Crippen molar-refractivity contribution in [3.05, 3.63) is 17.3 Å². The monoisotopic (exact) mass is 161 g/mol. The number of hydrogen-bond acceptors (Lipinski definition) is 3. The van der Waals surface area contributed by atoms with Gasteiger partial charge in [-0.15, -0.1) is 0 Å². The van der Waals surface area contributed by atoms with Gasteiger partial charge in [-0.05, 0) is 11.6 Å². The molecule has 1 rings (SSSR count). The lowest BCUT2D eigenvalue weighted by molar-refractivity contribution is -0.136. The fourth-order valence-corrected chi connectivity index (χ4v) is 0.671. The molecule has 0 radical (unpaired) electrons. The van der Waals surface area contributed by atoms with Crippen LogP contribution in [0.2, 0.25) is 5.35 Å². The van der Waals surface area contributed by atoms with Gasteiger partial charge >= 0.3 is 5.97 Å². The average Bonchev–Trinajstić information content (AvgIpc) is 2.13. The third kappa shape index (κ3) is 1.73. The predicted molar refractivity (Wildman–Crippen MR) is 32.9 cm³/mol. The van der Waals surface area contributed by atoms with Crippen LogP contribution in [-0.4, -0.2) is 16.1 Å². The van der Waals surface area contributed by atoms with Crippen LogP contribution in [-0.2, 0) is 11.2 Å². The topological polar surface area (TPSA) is 63.3 Å². The first kappa shape index (κ1) is 7.08. The molecule has 4 nitrogen and oxygen atoms in total. The van der Waals surface area contributed by atoms with E-state index in [0.717, 1.165) is 0 Å². The highest BCUT2D eigenvalue weighted by Gasteiger charge is 2.04. The first-order chi connectivity index (χ1) is 4.68. The molecule has 0 saturated carbocycles. The molecule has 0 spiro atoms. The van der Waals surface area contributed by atoms with Crippen molar-refractivity contribution in [2.45, 2.75) is 6.42 Å². The molecular weight excluding hydrogens is 158 g/mol. The number of hydrogen-bond donors (Lipinski definition) is 1. The van der Waals surface area contributed by atoms with Gasteiger partial charge in [0.1, 0.15) is 6.26 Å². The number of carboxylic acid groups (broad SMARTS) is 1. The predicted octanol–water partition coefficient (Wildman–Crippen LogP) is 0.955. The Balaban J connectivity index is 2.67. The van der Waals surface area contributed by atoms with Crippen LogP contribution in [0.4, 0.5) is 0 Å². The molecule has 0 fully saturated rings. The number of rotatable bonds is 2. The summed E-state index contributed by atoms with van der Waals surface area (Å²) < 4.78 is 4.56. The Bertz CT molecular complexity index is 245. The van der Waals surface area contributed by atoms with Gasteiger partial charge < -0.3 is 9.52 Å². The lowest BCUT2D eigenvalue weighted by atomic mass is 10.3. The van der Waals surface area contributed by atoms with E-state index in [1.165, 1.54) is 6.26 Å². The van der Waals surface area contributed by atoms with Crippen molar-refractivity contribution in [2.24, 2.45) is 0 Å². The molecule has 0 aliphatic heterocycles. The van der Waals surface area contributed by atoms with Gasteiger partial charge in [0, 0.05) is 0 Å². The van der Waals surface area contributed by atoms with Crippen molar-refractivity contribution in [2.75, 3.05) is 0 Å². The summed E-state index contributed by atoms with van der Waals surface area (Å²) in [6.07, 6.45) is 1.06. The highest BCUT2D eigenvalue weighted by Crippen LogP contribution is 2.07. The zero-order chi connectivity index (χ0) is 7.56. The third-order valence-corrected chi connectivity index (χ3v) is 1.03. The number of nitrogens with zero attached hydrogens (tertiary/aromatic N) is 1. The summed E-state index contributed by atoms with van der Waals surface area (Å²) >= 11 is 5.27. The van der Waals surface area contributed by atoms with Crippen molar-refractivity contribution < 1.29 is 14.3 Å². The molecule has 1 heterocycles. The van der Waals surface area contributed by atoms with E-state index in [0.29, 0.717) is 5.69 Å². The molecule has 0 amide bonds. The minimum atomic E-state index is -0.954. The third-order valence-electron chi connectivity index (χ3n) is 0.856. The Hall–Kier alpha value is -1.03. The first-order valence-electron chi connectivity index (χ1n) is 2.50. The molecule has 0 bridgehead atoms. The molecule has 0 aromatic carbocycles. The average molecular weight is 162 g/mol. The van der Waals surface area contributed by atoms with E-state index < -0.39 is 5.97 Å². The molecule has 54 valence electrons. The molecule has 0 aliphatic rings. The van der Waals surface area contributed by atoms with Crippen molar-refractivity contribution >= 4 is 17.6 Å². The Kier molecular flexibility index (Phi) is 1.91. The minimum Gasteiger partial charge on any atom is -0.481 e. The van der Waals surface area contributed by atoms with Crippen molar-refractivity contribution in [1.82, 2.24) is 4.98 Å². The van der Waals surface area contributed by atoms with Crippen LogP contribution in [0.15, 0.2) is 10.7 Å². The summed E-state index contributed by atoms with van der Waals surface area (Å²) in [6.45, 7) is 0. The summed E-state index contributed by atoms with van der Waals surface area (Å²) in [7, 11) is 0. The summed E-state index contributed by atoms with van der Waals surface area (Å²) in [5.41, 5.74) is 0.331. The lowest BCUT2D eigenvalue weighted by Gasteiger charge is -1.83.